The van der Waals surface area contributed by atoms with Crippen LogP contribution in [-0.4, -0.2) is 4.98 Å². The molecule has 1 N–H and O–H groups in total. The highest BCUT2D eigenvalue weighted by molar-refractivity contribution is 6.07. The van der Waals surface area contributed by atoms with Crippen LogP contribution in [0.15, 0.2) is 42.6 Å². The van der Waals surface area contributed by atoms with Crippen molar-refractivity contribution in [2.75, 3.05) is 5.32 Å². The normalized spacial score (nSPS) is 10.2. The monoisotopic (exact) mass is 252 g/mol. The molecule has 0 unspecified atom stereocenters. The first-order chi connectivity index (χ1) is 8.28. The Morgan fingerprint density at radius 2 is 2.00 bits per heavy atom. The summed E-state index contributed by atoms with van der Waals surface area (Å²) in [6.45, 7) is 0.308. The molecule has 0 aliphatic rings. The lowest BCUT2D eigenvalue weighted by Crippen LogP contribution is -1.95. The molecule has 0 aliphatic carbocycles. The molecule has 1 aromatic carbocycles. The van der Waals surface area contributed by atoms with E-state index in [2.05, 4.69) is 14.6 Å². The molecule has 5 heteroatoms. The van der Waals surface area contributed by atoms with E-state index in [0.717, 1.165) is 11.3 Å². The number of halogens is 2. The Morgan fingerprint density at radius 1 is 1.24 bits per heavy atom. The van der Waals surface area contributed by atoms with Gasteiger partial charge in [0, 0.05) is 11.9 Å². The maximum Gasteiger partial charge on any atom is 0.130 e. The van der Waals surface area contributed by atoms with Gasteiger partial charge in [0.25, 0.3) is 0 Å². The molecule has 0 amide bonds. The number of nitrogens with zero attached hydrogens (tertiary/aromatic N) is 1. The van der Waals surface area contributed by atoms with Crippen LogP contribution in [-0.2, 0) is 10.9 Å². The van der Waals surface area contributed by atoms with Gasteiger partial charge in [-0.2, -0.15) is 0 Å². The van der Waals surface area contributed by atoms with Gasteiger partial charge in [-0.1, -0.05) is 0 Å². The highest BCUT2D eigenvalue weighted by Gasteiger charge is 1.99. The molecule has 0 saturated carbocycles. The zero-order valence-corrected chi connectivity index (χ0v) is 9.62. The minimum Gasteiger partial charge on any atom is -0.340 e. The van der Waals surface area contributed by atoms with Crippen molar-refractivity contribution < 1.29 is 8.68 Å². The van der Waals surface area contributed by atoms with Gasteiger partial charge in [0.15, 0.2) is 0 Å². The van der Waals surface area contributed by atoms with Crippen molar-refractivity contribution >= 4 is 23.4 Å². The molecule has 88 valence electrons. The van der Waals surface area contributed by atoms with E-state index in [1.807, 2.05) is 6.07 Å². The average molecular weight is 253 g/mol. The van der Waals surface area contributed by atoms with Gasteiger partial charge < -0.3 is 5.32 Å². The topological polar surface area (TPSA) is 34.1 Å². The zero-order chi connectivity index (χ0) is 12.1. The zero-order valence-electron chi connectivity index (χ0n) is 8.86. The van der Waals surface area contributed by atoms with Crippen molar-refractivity contribution in [3.05, 3.63) is 54.0 Å². The summed E-state index contributed by atoms with van der Waals surface area (Å²) in [5, 5.41) is 3.05. The van der Waals surface area contributed by atoms with Gasteiger partial charge >= 0.3 is 0 Å². The summed E-state index contributed by atoms with van der Waals surface area (Å²) in [6, 6.07) is 9.66. The minimum atomic E-state index is -0.271. The van der Waals surface area contributed by atoms with Crippen LogP contribution < -0.4 is 5.32 Å². The number of hydrogen-bond acceptors (Lipinski definition) is 3. The number of nitrogens with one attached hydrogen (secondary N) is 1. The molecular formula is C12H10ClFN2O. The molecular weight excluding hydrogens is 243 g/mol. The van der Waals surface area contributed by atoms with Crippen molar-refractivity contribution in [2.24, 2.45) is 0 Å². The van der Waals surface area contributed by atoms with E-state index in [9.17, 15) is 4.39 Å². The first kappa shape index (κ1) is 11.8. The molecule has 0 aliphatic heterocycles. The van der Waals surface area contributed by atoms with Crippen LogP contribution in [0.4, 0.5) is 15.9 Å². The highest BCUT2D eigenvalue weighted by atomic mass is 35.5. The van der Waals surface area contributed by atoms with Gasteiger partial charge in [0.05, 0.1) is 18.5 Å². The van der Waals surface area contributed by atoms with E-state index >= 15 is 0 Å². The van der Waals surface area contributed by atoms with Crippen molar-refractivity contribution in [3.8, 4) is 0 Å². The Labute approximate surface area is 103 Å². The van der Waals surface area contributed by atoms with Gasteiger partial charge in [-0.15, -0.1) is 0 Å². The Kier molecular flexibility index (Phi) is 3.90. The highest BCUT2D eigenvalue weighted by Crippen LogP contribution is 2.16. The van der Waals surface area contributed by atoms with Crippen LogP contribution in [0.3, 0.4) is 0 Å². The van der Waals surface area contributed by atoms with E-state index in [0.29, 0.717) is 12.4 Å². The van der Waals surface area contributed by atoms with Crippen molar-refractivity contribution in [1.82, 2.24) is 4.98 Å². The maximum absolute atomic E-state index is 12.7. The fourth-order valence-corrected chi connectivity index (χ4v) is 1.50. The second kappa shape index (κ2) is 5.61. The Hall–Kier alpha value is -1.65. The summed E-state index contributed by atoms with van der Waals surface area (Å²) in [4.78, 5) is 4.14. The predicted molar refractivity (Wildman–Crippen MR) is 64.6 cm³/mol. The fraction of sp³-hybridized carbons (Fsp3) is 0.0833. The summed E-state index contributed by atoms with van der Waals surface area (Å²) in [5.41, 5.74) is 1.67. The number of benzene rings is 1. The van der Waals surface area contributed by atoms with Gasteiger partial charge in [-0.05, 0) is 42.0 Å². The molecule has 1 aromatic heterocycles. The van der Waals surface area contributed by atoms with Crippen LogP contribution >= 0.6 is 11.9 Å². The number of pyridine rings is 1. The summed E-state index contributed by atoms with van der Waals surface area (Å²) in [7, 11) is 0. The Morgan fingerprint density at radius 3 is 2.71 bits per heavy atom. The summed E-state index contributed by atoms with van der Waals surface area (Å²) in [6.07, 6.45) is 1.65. The van der Waals surface area contributed by atoms with Crippen LogP contribution in [0.2, 0.25) is 0 Å². The standard InChI is InChI=1S/C12H10ClFN2O/c13-17-8-9-5-6-15-12(7-9)16-11-3-1-10(14)2-4-11/h1-7H,8H2,(H,15,16). The third kappa shape index (κ3) is 3.41. The second-order valence-electron chi connectivity index (χ2n) is 3.43. The largest absolute Gasteiger partial charge is 0.340 e. The van der Waals surface area contributed by atoms with Crippen molar-refractivity contribution in [1.29, 1.82) is 0 Å². The lowest BCUT2D eigenvalue weighted by atomic mass is 10.2. The minimum absolute atomic E-state index is 0.271. The number of aromatic nitrogens is 1. The third-order valence-electron chi connectivity index (χ3n) is 2.16. The molecule has 0 bridgehead atoms. The molecule has 0 atom stereocenters. The van der Waals surface area contributed by atoms with Gasteiger partial charge in [0.2, 0.25) is 0 Å². The van der Waals surface area contributed by atoms with E-state index < -0.39 is 0 Å². The molecule has 0 saturated heterocycles. The third-order valence-corrected chi connectivity index (χ3v) is 2.27. The molecule has 0 radical (unpaired) electrons. The molecule has 0 spiro atoms. The van der Waals surface area contributed by atoms with Crippen LogP contribution in [0.1, 0.15) is 5.56 Å². The number of rotatable bonds is 4. The van der Waals surface area contributed by atoms with Gasteiger partial charge in [-0.3, -0.25) is 4.29 Å². The summed E-state index contributed by atoms with van der Waals surface area (Å²) < 4.78 is 17.2. The fourth-order valence-electron chi connectivity index (χ4n) is 1.38. The SMILES string of the molecule is Fc1ccc(Nc2cc(COCl)ccn2)cc1. The quantitative estimate of drug-likeness (QED) is 0.902. The Balaban J connectivity index is 2.12. The second-order valence-corrected chi connectivity index (χ2v) is 3.65. The summed E-state index contributed by atoms with van der Waals surface area (Å²) in [5.74, 6) is 0.385. The van der Waals surface area contributed by atoms with E-state index in [4.69, 9.17) is 11.9 Å². The first-order valence-corrected chi connectivity index (χ1v) is 5.30. The maximum atomic E-state index is 12.7. The van der Waals surface area contributed by atoms with Gasteiger partial charge in [-0.25, -0.2) is 9.37 Å². The first-order valence-electron chi connectivity index (χ1n) is 4.99. The smallest absolute Gasteiger partial charge is 0.130 e. The van der Waals surface area contributed by atoms with Crippen LogP contribution in [0, 0.1) is 5.82 Å². The molecule has 3 nitrogen and oxygen atoms in total. The molecule has 0 fully saturated rings. The lowest BCUT2D eigenvalue weighted by Gasteiger charge is -2.06. The van der Waals surface area contributed by atoms with E-state index in [-0.39, 0.29) is 5.82 Å². The van der Waals surface area contributed by atoms with Crippen molar-refractivity contribution in [3.63, 3.8) is 0 Å². The summed E-state index contributed by atoms with van der Waals surface area (Å²) >= 11 is 5.18. The van der Waals surface area contributed by atoms with Gasteiger partial charge in [0.1, 0.15) is 11.6 Å². The average Bonchev–Trinajstić information content (AvgIpc) is 2.33. The number of hydrogen-bond donors (Lipinski definition) is 1. The predicted octanol–water partition coefficient (Wildman–Crippen LogP) is 3.63. The lowest BCUT2D eigenvalue weighted by molar-refractivity contribution is 0.341. The van der Waals surface area contributed by atoms with Crippen LogP contribution in [0.5, 0.6) is 0 Å². The van der Waals surface area contributed by atoms with Crippen LogP contribution in [0.25, 0.3) is 0 Å². The molecule has 2 rings (SSSR count). The van der Waals surface area contributed by atoms with E-state index in [1.54, 1.807) is 24.4 Å². The van der Waals surface area contributed by atoms with Crippen molar-refractivity contribution in [2.45, 2.75) is 6.61 Å². The Bertz CT molecular complexity index is 490. The molecule has 2 aromatic rings. The van der Waals surface area contributed by atoms with E-state index in [1.165, 1.54) is 12.1 Å². The molecule has 17 heavy (non-hydrogen) atoms. The molecule has 1 heterocycles. The number of anilines is 2.